The quantitative estimate of drug-likeness (QED) is 0.276. The van der Waals surface area contributed by atoms with E-state index in [1.165, 1.54) is 24.4 Å². The van der Waals surface area contributed by atoms with Crippen molar-refractivity contribution in [3.05, 3.63) is 58.1 Å². The maximum absolute atomic E-state index is 11.1. The van der Waals surface area contributed by atoms with Crippen molar-refractivity contribution in [2.24, 2.45) is 10.9 Å². The highest BCUT2D eigenvalue weighted by Crippen LogP contribution is 2.46. The smallest absolute Gasteiger partial charge is 0.269 e. The van der Waals surface area contributed by atoms with Gasteiger partial charge < -0.3 is 5.32 Å². The molecule has 126 valence electrons. The fourth-order valence-electron chi connectivity index (χ4n) is 2.64. The van der Waals surface area contributed by atoms with E-state index in [1.54, 1.807) is 11.8 Å². The van der Waals surface area contributed by atoms with Gasteiger partial charge in [0.25, 0.3) is 5.69 Å². The van der Waals surface area contributed by atoms with Gasteiger partial charge in [-0.25, -0.2) is 0 Å². The third-order valence-corrected chi connectivity index (χ3v) is 5.17. The van der Waals surface area contributed by atoms with Gasteiger partial charge in [0.05, 0.1) is 16.7 Å². The monoisotopic (exact) mass is 372 g/mol. The zero-order valence-electron chi connectivity index (χ0n) is 13.1. The number of alkyl halides is 1. The molecule has 1 N–H and O–H groups in total. The summed E-state index contributed by atoms with van der Waals surface area (Å²) in [6.07, 6.45) is 3.42. The molecule has 0 amide bonds. The molecule has 0 spiro atoms. The van der Waals surface area contributed by atoms with Gasteiger partial charge in [-0.1, -0.05) is 17.7 Å². The van der Waals surface area contributed by atoms with E-state index in [2.05, 4.69) is 16.4 Å². The van der Waals surface area contributed by atoms with Crippen molar-refractivity contribution in [1.29, 1.82) is 5.26 Å². The van der Waals surface area contributed by atoms with Crippen LogP contribution in [0.5, 0.6) is 0 Å². The van der Waals surface area contributed by atoms with Gasteiger partial charge in [-0.15, -0.1) is 11.8 Å². The van der Waals surface area contributed by atoms with Crippen LogP contribution in [-0.4, -0.2) is 17.4 Å². The number of halogens is 1. The van der Waals surface area contributed by atoms with Gasteiger partial charge in [-0.2, -0.15) is 5.26 Å². The number of nitrogens with one attached hydrogen (secondary N) is 1. The number of nitrogens with zero attached hydrogens (tertiary/aromatic N) is 3. The number of rotatable bonds is 4. The number of benzene rings is 2. The fraction of sp³-hybridized carbons (Fsp3) is 0.176. The van der Waals surface area contributed by atoms with E-state index in [1.807, 2.05) is 30.5 Å². The first-order chi connectivity index (χ1) is 12.0. The Morgan fingerprint density at radius 1 is 1.40 bits per heavy atom. The average molecular weight is 373 g/mol. The van der Waals surface area contributed by atoms with Gasteiger partial charge in [0.2, 0.25) is 0 Å². The number of nitro groups is 1. The molecule has 0 aliphatic carbocycles. The summed E-state index contributed by atoms with van der Waals surface area (Å²) < 4.78 is 0. The van der Waals surface area contributed by atoms with Crippen molar-refractivity contribution in [2.75, 3.05) is 11.6 Å². The molecule has 3 rings (SSSR count). The van der Waals surface area contributed by atoms with Crippen LogP contribution < -0.4 is 5.32 Å². The highest BCUT2D eigenvalue weighted by atomic mass is 35.5. The van der Waals surface area contributed by atoms with E-state index >= 15 is 0 Å². The first-order valence-electron chi connectivity index (χ1n) is 7.32. The van der Waals surface area contributed by atoms with Crippen molar-refractivity contribution in [3.8, 4) is 6.07 Å². The zero-order chi connectivity index (χ0) is 18.0. The molecule has 25 heavy (non-hydrogen) atoms. The first-order valence-corrected chi connectivity index (χ1v) is 8.92. The van der Waals surface area contributed by atoms with Crippen LogP contribution >= 0.6 is 23.4 Å². The van der Waals surface area contributed by atoms with Crippen LogP contribution in [0.1, 0.15) is 5.56 Å². The normalized spacial score (nSPS) is 21.2. The molecule has 1 heterocycles. The molecule has 0 bridgehead atoms. The molecule has 2 unspecified atom stereocenters. The van der Waals surface area contributed by atoms with E-state index in [0.717, 1.165) is 10.6 Å². The summed E-state index contributed by atoms with van der Waals surface area (Å²) in [5.74, 6) is -0.790. The van der Waals surface area contributed by atoms with Gasteiger partial charge in [0.15, 0.2) is 5.00 Å². The number of hydrogen-bond acceptors (Lipinski definition) is 6. The van der Waals surface area contributed by atoms with Gasteiger partial charge in [-0.3, -0.25) is 15.1 Å². The molecular weight excluding hydrogens is 360 g/mol. The number of hydrogen-bond donors (Lipinski definition) is 1. The molecule has 2 aromatic carbocycles. The average Bonchev–Trinajstić information content (AvgIpc) is 2.62. The minimum atomic E-state index is -1.35. The molecule has 0 radical (unpaired) electrons. The largest absolute Gasteiger partial charge is 0.362 e. The second-order valence-corrected chi connectivity index (χ2v) is 6.89. The van der Waals surface area contributed by atoms with Crippen LogP contribution in [-0.2, 0) is 5.00 Å². The third kappa shape index (κ3) is 3.18. The maximum Gasteiger partial charge on any atom is 0.269 e. The number of thioether (sulfide) groups is 1. The molecular formula is C17H13ClN4O2S. The molecule has 2 aromatic rings. The minimum absolute atomic E-state index is 0.0998. The van der Waals surface area contributed by atoms with Gasteiger partial charge in [0.1, 0.15) is 5.92 Å². The van der Waals surface area contributed by atoms with E-state index in [-0.39, 0.29) is 5.69 Å². The molecule has 8 heteroatoms. The number of aliphatic imine (C=N–C) groups is 1. The van der Waals surface area contributed by atoms with Gasteiger partial charge in [0, 0.05) is 34.5 Å². The Hall–Kier alpha value is -2.56. The van der Waals surface area contributed by atoms with E-state index in [0.29, 0.717) is 11.3 Å². The Morgan fingerprint density at radius 3 is 2.88 bits per heavy atom. The molecule has 1 aliphatic heterocycles. The second-order valence-electron chi connectivity index (χ2n) is 5.41. The third-order valence-electron chi connectivity index (χ3n) is 3.91. The molecule has 0 saturated heterocycles. The lowest BCUT2D eigenvalue weighted by molar-refractivity contribution is -0.384. The van der Waals surface area contributed by atoms with Crippen molar-refractivity contribution in [1.82, 2.24) is 0 Å². The standard InChI is InChI=1S/C17H13ClN4O2S/c1-25-14-4-2-3-12(7-14)21-17(18)11(9-19)10-20-16-6-5-13(22(23)24)8-15(16)17/h2-8,10-11,21H,1H3. The van der Waals surface area contributed by atoms with E-state index < -0.39 is 15.8 Å². The van der Waals surface area contributed by atoms with Crippen molar-refractivity contribution in [3.63, 3.8) is 0 Å². The van der Waals surface area contributed by atoms with Crippen LogP contribution in [0, 0.1) is 27.4 Å². The SMILES string of the molecule is CSc1cccc(NC2(Cl)c3cc([N+](=O)[O-])ccc3N=CC2C#N)c1. The summed E-state index contributed by atoms with van der Waals surface area (Å²) in [6.45, 7) is 0. The van der Waals surface area contributed by atoms with Gasteiger partial charge in [-0.05, 0) is 30.5 Å². The summed E-state index contributed by atoms with van der Waals surface area (Å²) in [6, 6.07) is 14.0. The van der Waals surface area contributed by atoms with E-state index in [4.69, 9.17) is 11.6 Å². The molecule has 1 aliphatic rings. The van der Waals surface area contributed by atoms with Crippen LogP contribution in [0.2, 0.25) is 0 Å². The summed E-state index contributed by atoms with van der Waals surface area (Å²) in [5, 5.41) is 23.8. The van der Waals surface area contributed by atoms with Crippen LogP contribution in [0.3, 0.4) is 0 Å². The van der Waals surface area contributed by atoms with Crippen molar-refractivity contribution < 1.29 is 4.92 Å². The number of non-ortho nitro benzene ring substituents is 1. The first kappa shape index (κ1) is 17.3. The predicted molar refractivity (Wildman–Crippen MR) is 99.7 cm³/mol. The Labute approximate surface area is 153 Å². The number of fused-ring (bicyclic) bond motifs is 1. The van der Waals surface area contributed by atoms with Crippen LogP contribution in [0.15, 0.2) is 52.4 Å². The van der Waals surface area contributed by atoms with Crippen LogP contribution in [0.4, 0.5) is 17.1 Å². The lowest BCUT2D eigenvalue weighted by atomic mass is 9.89. The summed E-state index contributed by atoms with van der Waals surface area (Å²) >= 11 is 8.40. The summed E-state index contributed by atoms with van der Waals surface area (Å²) in [7, 11) is 0. The minimum Gasteiger partial charge on any atom is -0.362 e. The lowest BCUT2D eigenvalue weighted by Crippen LogP contribution is -2.39. The number of anilines is 1. The molecule has 2 atom stereocenters. The van der Waals surface area contributed by atoms with Crippen LogP contribution in [0.25, 0.3) is 0 Å². The lowest BCUT2D eigenvalue weighted by Gasteiger charge is -2.35. The zero-order valence-corrected chi connectivity index (χ0v) is 14.7. The fourth-order valence-corrected chi connectivity index (χ4v) is 3.47. The molecule has 0 aromatic heterocycles. The molecule has 0 fully saturated rings. The van der Waals surface area contributed by atoms with E-state index in [9.17, 15) is 15.4 Å². The molecule has 6 nitrogen and oxygen atoms in total. The Kier molecular flexibility index (Phi) is 4.66. The Morgan fingerprint density at radius 2 is 2.20 bits per heavy atom. The van der Waals surface area contributed by atoms with Crippen molar-refractivity contribution >= 4 is 46.6 Å². The molecule has 0 saturated carbocycles. The number of nitriles is 1. The predicted octanol–water partition coefficient (Wildman–Crippen LogP) is 4.68. The Balaban J connectivity index is 2.11. The number of nitro benzene ring substituents is 1. The Bertz CT molecular complexity index is 912. The second kappa shape index (κ2) is 6.75. The highest BCUT2D eigenvalue weighted by Gasteiger charge is 2.43. The van der Waals surface area contributed by atoms with Crippen molar-refractivity contribution in [2.45, 2.75) is 9.89 Å². The maximum atomic E-state index is 11.1. The van der Waals surface area contributed by atoms with Gasteiger partial charge >= 0.3 is 0 Å². The highest BCUT2D eigenvalue weighted by molar-refractivity contribution is 7.98. The topological polar surface area (TPSA) is 91.3 Å². The summed E-state index contributed by atoms with van der Waals surface area (Å²) in [4.78, 5) is 14.5. The summed E-state index contributed by atoms with van der Waals surface area (Å²) in [5.41, 5.74) is 1.53.